The Balaban J connectivity index is 1.62. The molecule has 0 spiro atoms. The minimum absolute atomic E-state index is 0.104. The summed E-state index contributed by atoms with van der Waals surface area (Å²) in [5.74, 6) is -0.749. The molecule has 0 saturated carbocycles. The summed E-state index contributed by atoms with van der Waals surface area (Å²) in [5, 5.41) is 8.78. The highest BCUT2D eigenvalue weighted by molar-refractivity contribution is 5.92. The van der Waals surface area contributed by atoms with Gasteiger partial charge in [-0.15, -0.1) is 0 Å². The van der Waals surface area contributed by atoms with Crippen LogP contribution in [-0.4, -0.2) is 55.4 Å². The van der Waals surface area contributed by atoms with Crippen LogP contribution in [0.2, 0.25) is 0 Å². The van der Waals surface area contributed by atoms with Crippen molar-refractivity contribution in [3.05, 3.63) is 65.7 Å². The van der Waals surface area contributed by atoms with Crippen molar-refractivity contribution in [3.63, 3.8) is 0 Å². The number of amides is 1. The Morgan fingerprint density at radius 1 is 1.27 bits per heavy atom. The summed E-state index contributed by atoms with van der Waals surface area (Å²) in [6.07, 6.45) is 1.55. The minimum Gasteiger partial charge on any atom is -0.348 e. The third-order valence-corrected chi connectivity index (χ3v) is 5.07. The summed E-state index contributed by atoms with van der Waals surface area (Å²) in [6, 6.07) is 13.6. The van der Waals surface area contributed by atoms with E-state index in [4.69, 9.17) is 9.47 Å². The Hall–Kier alpha value is -2.97. The van der Waals surface area contributed by atoms with Gasteiger partial charge in [-0.25, -0.2) is 4.68 Å². The van der Waals surface area contributed by atoms with Crippen LogP contribution in [0.3, 0.4) is 0 Å². The molecule has 1 atom stereocenters. The Morgan fingerprint density at radius 2 is 2.03 bits per heavy atom. The first-order valence-electron chi connectivity index (χ1n) is 10.0. The number of ether oxygens (including phenoxy) is 2. The maximum absolute atomic E-state index is 13.4. The molecule has 8 nitrogen and oxygen atoms in total. The number of hydrogen-bond acceptors (Lipinski definition) is 5. The molecule has 0 radical (unpaired) electrons. The molecule has 3 heterocycles. The van der Waals surface area contributed by atoms with E-state index in [1.165, 1.54) is 0 Å². The van der Waals surface area contributed by atoms with Crippen molar-refractivity contribution in [3.8, 4) is 5.69 Å². The normalized spacial score (nSPS) is 17.9. The molecule has 1 amide bonds. The lowest BCUT2D eigenvalue weighted by Gasteiger charge is -2.26. The van der Waals surface area contributed by atoms with Crippen molar-refractivity contribution < 1.29 is 14.3 Å². The number of para-hydroxylation sites is 1. The molecule has 1 aromatic carbocycles. The summed E-state index contributed by atoms with van der Waals surface area (Å²) < 4.78 is 15.1. The lowest BCUT2D eigenvalue weighted by atomic mass is 10.2. The van der Waals surface area contributed by atoms with Crippen molar-refractivity contribution in [1.82, 2.24) is 24.5 Å². The first kappa shape index (κ1) is 20.3. The molecular formula is C22H27N5O3. The summed E-state index contributed by atoms with van der Waals surface area (Å²) in [6.45, 7) is 6.88. The van der Waals surface area contributed by atoms with E-state index in [0.717, 1.165) is 17.1 Å². The second-order valence-electron chi connectivity index (χ2n) is 8.00. The molecule has 2 aromatic heterocycles. The second kappa shape index (κ2) is 8.04. The molecular weight excluding hydrogens is 382 g/mol. The monoisotopic (exact) mass is 409 g/mol. The molecule has 158 valence electrons. The van der Waals surface area contributed by atoms with Gasteiger partial charge in [0.15, 0.2) is 5.79 Å². The molecule has 1 fully saturated rings. The number of carbonyl (C=O) groups is 1. The average Bonchev–Trinajstić information content (AvgIpc) is 3.40. The van der Waals surface area contributed by atoms with Gasteiger partial charge in [-0.05, 0) is 45.0 Å². The van der Waals surface area contributed by atoms with Gasteiger partial charge in [0, 0.05) is 13.2 Å². The van der Waals surface area contributed by atoms with Gasteiger partial charge < -0.3 is 14.4 Å². The number of aromatic nitrogens is 4. The van der Waals surface area contributed by atoms with Gasteiger partial charge in [0.05, 0.1) is 36.8 Å². The SMILES string of the molecule is Cc1cc(C(=O)N(Cc2ccnn2-c2ccccc2)C[C@@H]2COC(C)(C)O2)n(C)n1. The Labute approximate surface area is 176 Å². The summed E-state index contributed by atoms with van der Waals surface area (Å²) in [4.78, 5) is 15.2. The van der Waals surface area contributed by atoms with Crippen LogP contribution in [-0.2, 0) is 23.1 Å². The molecule has 8 heteroatoms. The summed E-state index contributed by atoms with van der Waals surface area (Å²) in [7, 11) is 1.78. The van der Waals surface area contributed by atoms with Crippen LogP contribution in [0.25, 0.3) is 5.69 Å². The van der Waals surface area contributed by atoms with Crippen LogP contribution in [0.5, 0.6) is 0 Å². The summed E-state index contributed by atoms with van der Waals surface area (Å²) >= 11 is 0. The topological polar surface area (TPSA) is 74.4 Å². The highest BCUT2D eigenvalue weighted by Gasteiger charge is 2.35. The molecule has 0 bridgehead atoms. The molecule has 30 heavy (non-hydrogen) atoms. The average molecular weight is 409 g/mol. The fraction of sp³-hybridized carbons (Fsp3) is 0.409. The number of rotatable bonds is 6. The van der Waals surface area contributed by atoms with Gasteiger partial charge in [0.1, 0.15) is 11.8 Å². The summed E-state index contributed by atoms with van der Waals surface area (Å²) in [5.41, 5.74) is 3.20. The first-order chi connectivity index (χ1) is 14.3. The maximum Gasteiger partial charge on any atom is 0.272 e. The van der Waals surface area contributed by atoms with Crippen LogP contribution < -0.4 is 0 Å². The van der Waals surface area contributed by atoms with E-state index in [1.54, 1.807) is 28.9 Å². The van der Waals surface area contributed by atoms with Crippen LogP contribution in [0.4, 0.5) is 0 Å². The van der Waals surface area contributed by atoms with Crippen LogP contribution in [0.1, 0.15) is 35.7 Å². The number of benzene rings is 1. The molecule has 0 N–H and O–H groups in total. The van der Waals surface area contributed by atoms with Crippen molar-refractivity contribution in [2.75, 3.05) is 13.2 Å². The van der Waals surface area contributed by atoms with Crippen molar-refractivity contribution in [2.24, 2.45) is 7.05 Å². The van der Waals surface area contributed by atoms with E-state index in [0.29, 0.717) is 25.4 Å². The smallest absolute Gasteiger partial charge is 0.272 e. The molecule has 0 unspecified atom stereocenters. The second-order valence-corrected chi connectivity index (χ2v) is 8.00. The minimum atomic E-state index is -0.645. The van der Waals surface area contributed by atoms with E-state index < -0.39 is 5.79 Å². The lowest BCUT2D eigenvalue weighted by Crippen LogP contribution is -2.39. The predicted octanol–water partition coefficient (Wildman–Crippen LogP) is 2.71. The van der Waals surface area contributed by atoms with Gasteiger partial charge in [-0.3, -0.25) is 9.48 Å². The van der Waals surface area contributed by atoms with Crippen molar-refractivity contribution in [1.29, 1.82) is 0 Å². The predicted molar refractivity (Wildman–Crippen MR) is 111 cm³/mol. The number of carbonyl (C=O) groups excluding carboxylic acids is 1. The van der Waals surface area contributed by atoms with E-state index in [1.807, 2.05) is 61.9 Å². The fourth-order valence-corrected chi connectivity index (χ4v) is 3.74. The van der Waals surface area contributed by atoms with Crippen LogP contribution >= 0.6 is 0 Å². The third kappa shape index (κ3) is 4.29. The maximum atomic E-state index is 13.4. The number of aryl methyl sites for hydroxylation is 2. The quantitative estimate of drug-likeness (QED) is 0.626. The van der Waals surface area contributed by atoms with Crippen LogP contribution in [0, 0.1) is 6.92 Å². The first-order valence-corrected chi connectivity index (χ1v) is 10.0. The molecule has 3 aromatic rings. The number of nitrogens with zero attached hydrogens (tertiary/aromatic N) is 5. The fourth-order valence-electron chi connectivity index (χ4n) is 3.74. The highest BCUT2D eigenvalue weighted by Crippen LogP contribution is 2.24. The van der Waals surface area contributed by atoms with Gasteiger partial charge in [0.2, 0.25) is 0 Å². The van der Waals surface area contributed by atoms with Gasteiger partial charge in [-0.2, -0.15) is 10.2 Å². The molecule has 4 rings (SSSR count). The Kier molecular flexibility index (Phi) is 5.44. The molecule has 0 aliphatic carbocycles. The van der Waals surface area contributed by atoms with E-state index in [9.17, 15) is 4.79 Å². The zero-order valence-corrected chi connectivity index (χ0v) is 17.8. The van der Waals surface area contributed by atoms with E-state index in [2.05, 4.69) is 10.2 Å². The lowest BCUT2D eigenvalue weighted by molar-refractivity contribution is -0.139. The highest BCUT2D eigenvalue weighted by atomic mass is 16.7. The van der Waals surface area contributed by atoms with Crippen molar-refractivity contribution >= 4 is 5.91 Å². The zero-order valence-electron chi connectivity index (χ0n) is 17.8. The Morgan fingerprint density at radius 3 is 2.67 bits per heavy atom. The standard InChI is InChI=1S/C22H27N5O3/c1-16-12-20(25(4)24-16)21(28)26(14-19-15-29-22(2,3)30-19)13-18-10-11-23-27(18)17-8-6-5-7-9-17/h5-12,19H,13-15H2,1-4H3/t19-/m1/s1. The van der Waals surface area contributed by atoms with Gasteiger partial charge in [0.25, 0.3) is 5.91 Å². The molecule has 1 aliphatic heterocycles. The largest absolute Gasteiger partial charge is 0.348 e. The van der Waals surface area contributed by atoms with E-state index >= 15 is 0 Å². The Bertz CT molecular complexity index is 1020. The van der Waals surface area contributed by atoms with Crippen molar-refractivity contribution in [2.45, 2.75) is 39.2 Å². The molecule has 1 saturated heterocycles. The van der Waals surface area contributed by atoms with Gasteiger partial charge >= 0.3 is 0 Å². The van der Waals surface area contributed by atoms with Crippen LogP contribution in [0.15, 0.2) is 48.7 Å². The third-order valence-electron chi connectivity index (χ3n) is 5.07. The molecule has 1 aliphatic rings. The van der Waals surface area contributed by atoms with Gasteiger partial charge in [-0.1, -0.05) is 18.2 Å². The number of hydrogen-bond donors (Lipinski definition) is 0. The zero-order chi connectivity index (χ0) is 21.3. The van der Waals surface area contributed by atoms with E-state index in [-0.39, 0.29) is 12.0 Å².